The largest absolute Gasteiger partial charge is 0.304 e. The van der Waals surface area contributed by atoms with Crippen molar-refractivity contribution in [2.24, 2.45) is 5.41 Å². The first-order valence-corrected chi connectivity index (χ1v) is 5.90. The van der Waals surface area contributed by atoms with E-state index in [0.29, 0.717) is 12.0 Å². The minimum absolute atomic E-state index is 0.414. The van der Waals surface area contributed by atoms with Gasteiger partial charge in [0, 0.05) is 6.07 Å². The van der Waals surface area contributed by atoms with Gasteiger partial charge < -0.3 is 0 Å². The highest BCUT2D eigenvalue weighted by atomic mass is 19.1. The molecule has 0 N–H and O–H groups in total. The van der Waals surface area contributed by atoms with Gasteiger partial charge in [0.15, 0.2) is 0 Å². The highest BCUT2D eigenvalue weighted by Crippen LogP contribution is 2.40. The summed E-state index contributed by atoms with van der Waals surface area (Å²) in [6.45, 7) is 0. The van der Waals surface area contributed by atoms with E-state index in [-0.39, 0.29) is 0 Å². The molecule has 1 aliphatic carbocycles. The number of halogens is 1. The van der Waals surface area contributed by atoms with Crippen LogP contribution in [0.5, 0.6) is 0 Å². The van der Waals surface area contributed by atoms with E-state index in [9.17, 15) is 19.8 Å². The maximum atomic E-state index is 13.5. The summed E-state index contributed by atoms with van der Waals surface area (Å²) in [5, 5.41) is 19.7. The van der Waals surface area contributed by atoms with Crippen molar-refractivity contribution in [2.45, 2.75) is 32.1 Å². The van der Waals surface area contributed by atoms with E-state index in [0.717, 1.165) is 25.7 Å². The van der Waals surface area contributed by atoms with Crippen LogP contribution in [0.15, 0.2) is 18.2 Å². The molecule has 0 aromatic heterocycles. The Balaban J connectivity index is 2.23. The molecule has 1 aliphatic rings. The summed E-state index contributed by atoms with van der Waals surface area (Å²) in [6.07, 6.45) is 4.15. The number of nitro groups is 1. The Morgan fingerprint density at radius 1 is 1.44 bits per heavy atom. The van der Waals surface area contributed by atoms with E-state index in [2.05, 4.69) is 6.07 Å². The Kier molecular flexibility index (Phi) is 3.28. The maximum absolute atomic E-state index is 13.5. The molecule has 1 aromatic rings. The standard InChI is InChI=1S/C13H13FN2O2/c14-11-7-10(3-4-12(11)16(17)18)8-13(9-15)5-1-2-6-13/h3-4,7H,1-2,5-6,8H2. The fraction of sp³-hybridized carbons (Fsp3) is 0.462. The lowest BCUT2D eigenvalue weighted by molar-refractivity contribution is -0.387. The molecule has 18 heavy (non-hydrogen) atoms. The van der Waals surface area contributed by atoms with Crippen LogP contribution in [-0.2, 0) is 6.42 Å². The second kappa shape index (κ2) is 4.73. The average Bonchev–Trinajstić information content (AvgIpc) is 2.78. The van der Waals surface area contributed by atoms with E-state index in [1.54, 1.807) is 6.07 Å². The van der Waals surface area contributed by atoms with Gasteiger partial charge >= 0.3 is 5.69 Å². The van der Waals surface area contributed by atoms with E-state index >= 15 is 0 Å². The number of nitriles is 1. The van der Waals surface area contributed by atoms with Crippen LogP contribution in [0.25, 0.3) is 0 Å². The number of rotatable bonds is 3. The molecule has 0 radical (unpaired) electrons. The summed E-state index contributed by atoms with van der Waals surface area (Å²) in [7, 11) is 0. The number of nitrogens with zero attached hydrogens (tertiary/aromatic N) is 2. The monoisotopic (exact) mass is 248 g/mol. The zero-order valence-corrected chi connectivity index (χ0v) is 9.86. The second-order valence-electron chi connectivity index (χ2n) is 4.82. The first-order valence-electron chi connectivity index (χ1n) is 5.90. The van der Waals surface area contributed by atoms with Crippen molar-refractivity contribution in [1.82, 2.24) is 0 Å². The third-order valence-corrected chi connectivity index (χ3v) is 3.55. The Hall–Kier alpha value is -1.96. The van der Waals surface area contributed by atoms with Crippen LogP contribution in [0.2, 0.25) is 0 Å². The predicted molar refractivity (Wildman–Crippen MR) is 63.3 cm³/mol. The van der Waals surface area contributed by atoms with Crippen molar-refractivity contribution in [2.75, 3.05) is 0 Å². The molecule has 0 aliphatic heterocycles. The minimum atomic E-state index is -0.830. The Morgan fingerprint density at radius 3 is 2.61 bits per heavy atom. The number of nitro benzene ring substituents is 1. The third kappa shape index (κ3) is 2.33. The van der Waals surface area contributed by atoms with Crippen molar-refractivity contribution in [3.8, 4) is 6.07 Å². The molecule has 0 heterocycles. The van der Waals surface area contributed by atoms with Crippen molar-refractivity contribution in [3.63, 3.8) is 0 Å². The van der Waals surface area contributed by atoms with Crippen LogP contribution in [0, 0.1) is 32.7 Å². The van der Waals surface area contributed by atoms with Gasteiger partial charge in [0.25, 0.3) is 0 Å². The van der Waals surface area contributed by atoms with Gasteiger partial charge in [-0.1, -0.05) is 18.9 Å². The van der Waals surface area contributed by atoms with E-state index in [1.165, 1.54) is 12.1 Å². The Labute approximate surface area is 104 Å². The Morgan fingerprint density at radius 2 is 2.11 bits per heavy atom. The first kappa shape index (κ1) is 12.5. The van der Waals surface area contributed by atoms with Gasteiger partial charge in [-0.15, -0.1) is 0 Å². The number of hydrogen-bond donors (Lipinski definition) is 0. The van der Waals surface area contributed by atoms with Crippen LogP contribution < -0.4 is 0 Å². The highest BCUT2D eigenvalue weighted by Gasteiger charge is 2.34. The van der Waals surface area contributed by atoms with Gasteiger partial charge in [0.05, 0.1) is 16.4 Å². The summed E-state index contributed by atoms with van der Waals surface area (Å²) < 4.78 is 13.5. The highest BCUT2D eigenvalue weighted by molar-refractivity contribution is 5.36. The van der Waals surface area contributed by atoms with Crippen LogP contribution in [-0.4, -0.2) is 4.92 Å². The van der Waals surface area contributed by atoms with Crippen molar-refractivity contribution in [3.05, 3.63) is 39.7 Å². The van der Waals surface area contributed by atoms with Crippen LogP contribution in [0.1, 0.15) is 31.2 Å². The van der Waals surface area contributed by atoms with Gasteiger partial charge in [-0.25, -0.2) is 0 Å². The minimum Gasteiger partial charge on any atom is -0.258 e. The molecule has 0 spiro atoms. The summed E-state index contributed by atoms with van der Waals surface area (Å²) in [5.74, 6) is -0.830. The molecular weight excluding hydrogens is 235 g/mol. The molecule has 0 unspecified atom stereocenters. The second-order valence-corrected chi connectivity index (χ2v) is 4.82. The van der Waals surface area contributed by atoms with Gasteiger partial charge in [0.2, 0.25) is 5.82 Å². The smallest absolute Gasteiger partial charge is 0.258 e. The van der Waals surface area contributed by atoms with Crippen LogP contribution in [0.3, 0.4) is 0 Å². The molecule has 1 saturated carbocycles. The summed E-state index contributed by atoms with van der Waals surface area (Å²) in [6, 6.07) is 6.21. The maximum Gasteiger partial charge on any atom is 0.304 e. The number of hydrogen-bond acceptors (Lipinski definition) is 3. The van der Waals surface area contributed by atoms with Crippen molar-refractivity contribution >= 4 is 5.69 Å². The summed E-state index contributed by atoms with van der Waals surface area (Å²) in [4.78, 5) is 9.77. The fourth-order valence-corrected chi connectivity index (χ4v) is 2.58. The summed E-state index contributed by atoms with van der Waals surface area (Å²) >= 11 is 0. The quantitative estimate of drug-likeness (QED) is 0.608. The molecule has 4 nitrogen and oxygen atoms in total. The lowest BCUT2D eigenvalue weighted by Crippen LogP contribution is -2.17. The molecule has 0 amide bonds. The normalized spacial score (nSPS) is 17.3. The van der Waals surface area contributed by atoms with Crippen LogP contribution >= 0.6 is 0 Å². The lowest BCUT2D eigenvalue weighted by Gasteiger charge is -2.19. The molecule has 0 saturated heterocycles. The average molecular weight is 248 g/mol. The Bertz CT molecular complexity index is 516. The van der Waals surface area contributed by atoms with E-state index in [1.807, 2.05) is 0 Å². The molecule has 0 bridgehead atoms. The lowest BCUT2D eigenvalue weighted by atomic mass is 9.81. The SMILES string of the molecule is N#CC1(Cc2ccc([N+](=O)[O-])c(F)c2)CCCC1. The van der Waals surface area contributed by atoms with Gasteiger partial charge in [-0.3, -0.25) is 10.1 Å². The van der Waals surface area contributed by atoms with Crippen molar-refractivity contribution in [1.29, 1.82) is 5.26 Å². The molecule has 5 heteroatoms. The topological polar surface area (TPSA) is 66.9 Å². The molecule has 0 atom stereocenters. The van der Waals surface area contributed by atoms with Crippen molar-refractivity contribution < 1.29 is 9.31 Å². The molecular formula is C13H13FN2O2. The van der Waals surface area contributed by atoms with Crippen LogP contribution in [0.4, 0.5) is 10.1 Å². The molecule has 1 fully saturated rings. The predicted octanol–water partition coefficient (Wildman–Crippen LogP) is 3.36. The zero-order chi connectivity index (χ0) is 13.2. The van der Waals surface area contributed by atoms with Gasteiger partial charge in [0.1, 0.15) is 0 Å². The molecule has 2 rings (SSSR count). The zero-order valence-electron chi connectivity index (χ0n) is 9.86. The van der Waals surface area contributed by atoms with Gasteiger partial charge in [-0.05, 0) is 30.9 Å². The molecule has 1 aromatic carbocycles. The first-order chi connectivity index (χ1) is 8.56. The molecule has 94 valence electrons. The van der Waals surface area contributed by atoms with E-state index < -0.39 is 21.8 Å². The van der Waals surface area contributed by atoms with Gasteiger partial charge in [-0.2, -0.15) is 9.65 Å². The third-order valence-electron chi connectivity index (χ3n) is 3.55. The fourth-order valence-electron chi connectivity index (χ4n) is 2.58. The summed E-state index contributed by atoms with van der Waals surface area (Å²) in [5.41, 5.74) is -0.277. The van der Waals surface area contributed by atoms with E-state index in [4.69, 9.17) is 0 Å². The number of benzene rings is 1.